The maximum atomic E-state index is 14.1. The Kier molecular flexibility index (Phi) is 20.4. The van der Waals surface area contributed by atoms with Gasteiger partial charge < -0.3 is 36.1 Å². The van der Waals surface area contributed by atoms with Gasteiger partial charge in [-0.15, -0.1) is 18.5 Å². The summed E-state index contributed by atoms with van der Waals surface area (Å²) in [5.41, 5.74) is 5.71. The van der Waals surface area contributed by atoms with Crippen molar-refractivity contribution in [3.63, 3.8) is 0 Å². The van der Waals surface area contributed by atoms with E-state index in [0.29, 0.717) is 19.0 Å². The van der Waals surface area contributed by atoms with Crippen LogP contribution in [0.1, 0.15) is 111 Å². The van der Waals surface area contributed by atoms with E-state index in [0.717, 1.165) is 70.1 Å². The Hall–Kier alpha value is -3.85. The molecule has 1 fully saturated rings. The molecular formula is C47H74FN7O4P2. The zero-order valence-electron chi connectivity index (χ0n) is 38.7. The van der Waals surface area contributed by atoms with Gasteiger partial charge in [-0.2, -0.15) is 0 Å². The minimum atomic E-state index is -0.610. The summed E-state index contributed by atoms with van der Waals surface area (Å²) < 4.78 is 14.1. The first-order chi connectivity index (χ1) is 28.8. The summed E-state index contributed by atoms with van der Waals surface area (Å²) in [5, 5.41) is 13.7. The molecule has 0 radical (unpaired) electrons. The number of nitrogens with zero attached hydrogens (tertiary/aromatic N) is 2. The zero-order valence-corrected chi connectivity index (χ0v) is 41.0. The number of anilines is 1. The first-order valence-electron chi connectivity index (χ1n) is 22.0. The molecule has 1 aliphatic rings. The van der Waals surface area contributed by atoms with Crippen molar-refractivity contribution >= 4 is 75.7 Å². The Balaban J connectivity index is 0.000000460. The summed E-state index contributed by atoms with van der Waals surface area (Å²) in [6, 6.07) is 10.1. The lowest BCUT2D eigenvalue weighted by Gasteiger charge is -2.36. The second-order valence-electron chi connectivity index (χ2n) is 17.1. The lowest BCUT2D eigenvalue weighted by Crippen LogP contribution is -2.55. The van der Waals surface area contributed by atoms with Crippen molar-refractivity contribution in [2.24, 2.45) is 11.8 Å². The second kappa shape index (κ2) is 24.1. The molecule has 4 rings (SSSR count). The standard InChI is InChI=1S/C34H49FN4O2P2.C13H25N3O2/c1-9-25(39(11-3)34(41)32(20(4)5)37-33(40)22(7)42)16-23(28-15-13-26(43)19-31(28)38(8)10-2)17-29-21(6)27-14-12-24(35)18-30(27)36-29;1-8(2)11(16-12(17)9(3)14-4)13(18)15-10-6-5-7-10/h12-15,17-20,22,25,32,36H,9-11,16,42-43H2,1-8H3,(H,37,40);8-11,14H,5-7H2,1-4H3,(H,15,18)(H,16,17)/b23-17+;/t22-,25?,32?;9-,11?/m00/s1. The Morgan fingerprint density at radius 3 is 2.07 bits per heavy atom. The van der Waals surface area contributed by atoms with Gasteiger partial charge in [-0.3, -0.25) is 19.2 Å². The highest BCUT2D eigenvalue weighted by Gasteiger charge is 2.33. The molecule has 5 N–H and O–H groups in total. The minimum absolute atomic E-state index is 0.0597. The number of aromatic amines is 1. The van der Waals surface area contributed by atoms with Gasteiger partial charge in [0.2, 0.25) is 23.6 Å². The molecule has 3 aromatic rings. The van der Waals surface area contributed by atoms with E-state index in [1.807, 2.05) is 52.5 Å². The van der Waals surface area contributed by atoms with Gasteiger partial charge in [0.05, 0.1) is 6.04 Å². The smallest absolute Gasteiger partial charge is 0.245 e. The fraction of sp³-hybridized carbons (Fsp3) is 0.574. The predicted molar refractivity (Wildman–Crippen MR) is 259 cm³/mol. The number of carbonyl (C=O) groups is 4. The number of hydrogen-bond acceptors (Lipinski definition) is 6. The average Bonchev–Trinajstić information content (AvgIpc) is 3.51. The van der Waals surface area contributed by atoms with E-state index >= 15 is 0 Å². The van der Waals surface area contributed by atoms with Crippen molar-refractivity contribution in [2.75, 3.05) is 32.1 Å². The predicted octanol–water partition coefficient (Wildman–Crippen LogP) is 6.94. The van der Waals surface area contributed by atoms with Gasteiger partial charge in [0, 0.05) is 65.7 Å². The van der Waals surface area contributed by atoms with E-state index in [4.69, 9.17) is 0 Å². The highest BCUT2D eigenvalue weighted by Crippen LogP contribution is 2.35. The van der Waals surface area contributed by atoms with Gasteiger partial charge in [-0.1, -0.05) is 53.7 Å². The Morgan fingerprint density at radius 1 is 0.902 bits per heavy atom. The van der Waals surface area contributed by atoms with Gasteiger partial charge >= 0.3 is 0 Å². The van der Waals surface area contributed by atoms with Crippen molar-refractivity contribution in [2.45, 2.75) is 137 Å². The van der Waals surface area contributed by atoms with Crippen LogP contribution >= 0.6 is 18.5 Å². The van der Waals surface area contributed by atoms with Gasteiger partial charge in [0.1, 0.15) is 17.9 Å². The minimum Gasteiger partial charge on any atom is -0.374 e. The lowest BCUT2D eigenvalue weighted by molar-refractivity contribution is -0.139. The van der Waals surface area contributed by atoms with Crippen LogP contribution in [0.2, 0.25) is 0 Å². The largest absolute Gasteiger partial charge is 0.374 e. The molecule has 338 valence electrons. The summed E-state index contributed by atoms with van der Waals surface area (Å²) in [5.74, 6) is -0.679. The van der Waals surface area contributed by atoms with Crippen molar-refractivity contribution < 1.29 is 23.6 Å². The number of H-pyrrole nitrogens is 1. The third-order valence-corrected chi connectivity index (χ3v) is 12.5. The van der Waals surface area contributed by atoms with Crippen LogP contribution in [0.5, 0.6) is 0 Å². The molecule has 14 heteroatoms. The summed E-state index contributed by atoms with van der Waals surface area (Å²) in [6.07, 6.45) is 6.80. The SMILES string of the molecule is CCC(C/C(=C\c1[nH]c2cc(F)ccc2c1C)c1ccc(P)cc1N(C)CC)N(CC)C(=O)C(NC(=O)[C@H](C)P)C(C)C.CN[C@@H](C)C(=O)NC(C(=O)NC1CCC1)C(C)C. The molecule has 2 aromatic carbocycles. The summed E-state index contributed by atoms with van der Waals surface area (Å²) in [4.78, 5) is 58.2. The molecule has 1 aliphatic carbocycles. The summed E-state index contributed by atoms with van der Waals surface area (Å²) >= 11 is 0. The van der Waals surface area contributed by atoms with Crippen LogP contribution in [0.25, 0.3) is 22.6 Å². The highest BCUT2D eigenvalue weighted by molar-refractivity contribution is 7.27. The van der Waals surface area contributed by atoms with E-state index in [-0.39, 0.29) is 59.0 Å². The molecule has 1 saturated carbocycles. The molecule has 0 aliphatic heterocycles. The number of likely N-dealkylation sites (N-methyl/N-ethyl adjacent to an activating group) is 2. The monoisotopic (exact) mass is 882 g/mol. The van der Waals surface area contributed by atoms with Crippen LogP contribution in [-0.4, -0.2) is 96.6 Å². The van der Waals surface area contributed by atoms with Crippen LogP contribution < -0.4 is 31.5 Å². The average molecular weight is 882 g/mol. The molecule has 1 heterocycles. The Bertz CT molecular complexity index is 1980. The van der Waals surface area contributed by atoms with E-state index in [1.54, 1.807) is 20.9 Å². The number of nitrogens with one attached hydrogen (secondary N) is 5. The van der Waals surface area contributed by atoms with Crippen molar-refractivity contribution in [3.05, 3.63) is 59.0 Å². The lowest BCUT2D eigenvalue weighted by atomic mass is 9.92. The molecule has 5 unspecified atom stereocenters. The zero-order chi connectivity index (χ0) is 45.7. The van der Waals surface area contributed by atoms with Crippen LogP contribution in [0.4, 0.5) is 10.1 Å². The van der Waals surface area contributed by atoms with E-state index in [9.17, 15) is 23.6 Å². The molecule has 0 spiro atoms. The quantitative estimate of drug-likeness (QED) is 0.0829. The van der Waals surface area contributed by atoms with E-state index in [1.165, 1.54) is 18.6 Å². The molecule has 7 atom stereocenters. The molecule has 0 saturated heterocycles. The van der Waals surface area contributed by atoms with Crippen molar-refractivity contribution in [3.8, 4) is 0 Å². The summed E-state index contributed by atoms with van der Waals surface area (Å²) in [7, 11) is 9.10. The first kappa shape index (κ1) is 51.5. The van der Waals surface area contributed by atoms with Gasteiger partial charge in [-0.05, 0) is 125 Å². The maximum absolute atomic E-state index is 14.1. The maximum Gasteiger partial charge on any atom is 0.245 e. The highest BCUT2D eigenvalue weighted by atomic mass is 31.0. The van der Waals surface area contributed by atoms with E-state index < -0.39 is 12.1 Å². The van der Waals surface area contributed by atoms with Crippen molar-refractivity contribution in [1.82, 2.24) is 31.2 Å². The third kappa shape index (κ3) is 14.1. The molecule has 0 bridgehead atoms. The number of aryl methyl sites for hydroxylation is 1. The first-order valence-corrected chi connectivity index (χ1v) is 23.3. The number of hydrogen-bond donors (Lipinski definition) is 5. The number of aromatic nitrogens is 1. The molecule has 4 amide bonds. The van der Waals surface area contributed by atoms with Gasteiger partial charge in [0.15, 0.2) is 0 Å². The fourth-order valence-corrected chi connectivity index (χ4v) is 7.64. The normalized spacial score (nSPS) is 15.5. The van der Waals surface area contributed by atoms with Crippen LogP contribution in [-0.2, 0) is 19.2 Å². The van der Waals surface area contributed by atoms with E-state index in [2.05, 4.69) is 94.8 Å². The fourth-order valence-electron chi connectivity index (χ4n) is 7.29. The molecule has 61 heavy (non-hydrogen) atoms. The van der Waals surface area contributed by atoms with Crippen LogP contribution in [0.15, 0.2) is 36.4 Å². The number of benzene rings is 2. The third-order valence-electron chi connectivity index (χ3n) is 11.8. The Labute approximate surface area is 369 Å². The summed E-state index contributed by atoms with van der Waals surface area (Å²) in [6.45, 7) is 21.0. The molecular weight excluding hydrogens is 808 g/mol. The number of halogens is 1. The number of fused-ring (bicyclic) bond motifs is 1. The van der Waals surface area contributed by atoms with Crippen LogP contribution in [0.3, 0.4) is 0 Å². The molecule has 11 nitrogen and oxygen atoms in total. The molecule has 1 aromatic heterocycles. The number of amides is 4. The number of rotatable bonds is 19. The Morgan fingerprint density at radius 2 is 1.54 bits per heavy atom. The van der Waals surface area contributed by atoms with Gasteiger partial charge in [0.25, 0.3) is 0 Å². The van der Waals surface area contributed by atoms with Crippen LogP contribution in [0, 0.1) is 24.6 Å². The van der Waals surface area contributed by atoms with Crippen molar-refractivity contribution in [1.29, 1.82) is 0 Å². The van der Waals surface area contributed by atoms with Gasteiger partial charge in [-0.25, -0.2) is 4.39 Å². The topological polar surface area (TPSA) is 139 Å². The number of carbonyl (C=O) groups excluding carboxylic acids is 4. The second-order valence-corrected chi connectivity index (χ2v) is 18.8.